The van der Waals surface area contributed by atoms with Crippen molar-refractivity contribution in [2.24, 2.45) is 5.92 Å². The van der Waals surface area contributed by atoms with Gasteiger partial charge in [0.05, 0.1) is 31.7 Å². The standard InChI is InChI=1S/C18H28N4O3/c19-14-18(5-1-2-6-18)20-16(23)13-21-7-3-4-15(12-21)17(24)22-8-10-25-11-9-22/h15H,1-13H2,(H,20,23). The van der Waals surface area contributed by atoms with E-state index in [1.54, 1.807) is 0 Å². The number of carbonyl (C=O) groups excluding carboxylic acids is 2. The molecule has 3 rings (SSSR count). The fourth-order valence-electron chi connectivity index (χ4n) is 4.20. The molecule has 2 aliphatic heterocycles. The summed E-state index contributed by atoms with van der Waals surface area (Å²) in [5, 5.41) is 12.3. The van der Waals surface area contributed by atoms with Crippen molar-refractivity contribution in [2.45, 2.75) is 44.1 Å². The van der Waals surface area contributed by atoms with Crippen molar-refractivity contribution in [3.05, 3.63) is 0 Å². The van der Waals surface area contributed by atoms with Gasteiger partial charge in [-0.3, -0.25) is 14.5 Å². The fraction of sp³-hybridized carbons (Fsp3) is 0.833. The molecule has 0 aromatic rings. The second kappa shape index (κ2) is 8.15. The molecule has 7 heteroatoms. The van der Waals surface area contributed by atoms with Crippen LogP contribution in [0, 0.1) is 17.2 Å². The van der Waals surface area contributed by atoms with Gasteiger partial charge in [0.25, 0.3) is 0 Å². The molecule has 1 aliphatic carbocycles. The van der Waals surface area contributed by atoms with Crippen LogP contribution in [0.4, 0.5) is 0 Å². The Hall–Kier alpha value is -1.65. The maximum Gasteiger partial charge on any atom is 0.235 e. The maximum atomic E-state index is 12.7. The summed E-state index contributed by atoms with van der Waals surface area (Å²) in [6, 6.07) is 2.29. The smallest absolute Gasteiger partial charge is 0.235 e. The molecule has 3 aliphatic rings. The van der Waals surface area contributed by atoms with Crippen LogP contribution >= 0.6 is 0 Å². The molecular weight excluding hydrogens is 320 g/mol. The van der Waals surface area contributed by atoms with Crippen LogP contribution in [-0.2, 0) is 14.3 Å². The monoisotopic (exact) mass is 348 g/mol. The van der Waals surface area contributed by atoms with Crippen LogP contribution in [0.5, 0.6) is 0 Å². The molecule has 0 aromatic heterocycles. The molecule has 2 saturated heterocycles. The highest BCUT2D eigenvalue weighted by molar-refractivity contribution is 5.81. The van der Waals surface area contributed by atoms with Crippen molar-refractivity contribution in [3.8, 4) is 6.07 Å². The molecule has 1 atom stereocenters. The van der Waals surface area contributed by atoms with E-state index in [0.717, 1.165) is 45.1 Å². The molecule has 25 heavy (non-hydrogen) atoms. The third kappa shape index (κ3) is 4.50. The topological polar surface area (TPSA) is 85.7 Å². The number of carbonyl (C=O) groups is 2. The van der Waals surface area contributed by atoms with E-state index < -0.39 is 5.54 Å². The van der Waals surface area contributed by atoms with Crippen LogP contribution in [-0.4, -0.2) is 73.1 Å². The van der Waals surface area contributed by atoms with E-state index in [1.807, 2.05) is 4.90 Å². The second-order valence-electron chi connectivity index (χ2n) is 7.46. The molecule has 0 aromatic carbocycles. The number of nitriles is 1. The van der Waals surface area contributed by atoms with Gasteiger partial charge in [0, 0.05) is 19.6 Å². The molecule has 0 radical (unpaired) electrons. The van der Waals surface area contributed by atoms with E-state index in [2.05, 4.69) is 16.3 Å². The summed E-state index contributed by atoms with van der Waals surface area (Å²) >= 11 is 0. The van der Waals surface area contributed by atoms with Crippen molar-refractivity contribution >= 4 is 11.8 Å². The zero-order chi connectivity index (χ0) is 17.7. The number of ether oxygens (including phenoxy) is 1. The van der Waals surface area contributed by atoms with E-state index in [-0.39, 0.29) is 24.3 Å². The van der Waals surface area contributed by atoms with Crippen LogP contribution in [0.3, 0.4) is 0 Å². The number of likely N-dealkylation sites (tertiary alicyclic amines) is 1. The summed E-state index contributed by atoms with van der Waals surface area (Å²) in [6.45, 7) is 4.29. The Kier molecular flexibility index (Phi) is 5.92. The minimum Gasteiger partial charge on any atom is -0.378 e. The Bertz CT molecular complexity index is 533. The first-order valence-corrected chi connectivity index (χ1v) is 9.43. The Morgan fingerprint density at radius 1 is 1.16 bits per heavy atom. The summed E-state index contributed by atoms with van der Waals surface area (Å²) in [7, 11) is 0. The Labute approximate surface area is 149 Å². The van der Waals surface area contributed by atoms with Gasteiger partial charge < -0.3 is 15.0 Å². The summed E-state index contributed by atoms with van der Waals surface area (Å²) < 4.78 is 5.31. The number of amides is 2. The number of rotatable bonds is 4. The van der Waals surface area contributed by atoms with Gasteiger partial charge in [0.2, 0.25) is 11.8 Å². The molecule has 1 unspecified atom stereocenters. The SMILES string of the molecule is N#CC1(NC(=O)CN2CCCC(C(=O)N3CCOCC3)C2)CCCC1. The minimum atomic E-state index is -0.671. The molecule has 1 saturated carbocycles. The predicted molar refractivity (Wildman–Crippen MR) is 91.5 cm³/mol. The van der Waals surface area contributed by atoms with Crippen LogP contribution < -0.4 is 5.32 Å². The Balaban J connectivity index is 1.50. The first-order chi connectivity index (χ1) is 12.1. The summed E-state index contributed by atoms with van der Waals surface area (Å²) in [5.41, 5.74) is -0.671. The average Bonchev–Trinajstić information content (AvgIpc) is 3.11. The van der Waals surface area contributed by atoms with Crippen LogP contribution in [0.15, 0.2) is 0 Å². The Morgan fingerprint density at radius 2 is 1.88 bits per heavy atom. The fourth-order valence-corrected chi connectivity index (χ4v) is 4.20. The van der Waals surface area contributed by atoms with Crippen molar-refractivity contribution in [1.29, 1.82) is 5.26 Å². The zero-order valence-corrected chi connectivity index (χ0v) is 14.8. The number of morpholine rings is 1. The Morgan fingerprint density at radius 3 is 2.56 bits per heavy atom. The van der Waals surface area contributed by atoms with E-state index in [0.29, 0.717) is 32.8 Å². The van der Waals surface area contributed by atoms with Gasteiger partial charge in [0.1, 0.15) is 5.54 Å². The van der Waals surface area contributed by atoms with E-state index >= 15 is 0 Å². The highest BCUT2D eigenvalue weighted by Gasteiger charge is 2.36. The van der Waals surface area contributed by atoms with Gasteiger partial charge in [-0.2, -0.15) is 5.26 Å². The molecule has 2 heterocycles. The van der Waals surface area contributed by atoms with Crippen LogP contribution in [0.1, 0.15) is 38.5 Å². The first kappa shape index (κ1) is 18.2. The number of hydrogen-bond acceptors (Lipinski definition) is 5. The number of piperidine rings is 1. The summed E-state index contributed by atoms with van der Waals surface area (Å²) in [4.78, 5) is 29.0. The van der Waals surface area contributed by atoms with Crippen molar-refractivity contribution in [3.63, 3.8) is 0 Å². The number of nitrogens with one attached hydrogen (secondary N) is 1. The molecule has 0 bridgehead atoms. The molecular formula is C18H28N4O3. The molecule has 138 valence electrons. The zero-order valence-electron chi connectivity index (χ0n) is 14.8. The summed E-state index contributed by atoms with van der Waals surface area (Å²) in [6.07, 6.45) is 5.29. The lowest BCUT2D eigenvalue weighted by atomic mass is 9.96. The first-order valence-electron chi connectivity index (χ1n) is 9.43. The predicted octanol–water partition coefficient (Wildman–Crippen LogP) is 0.510. The molecule has 1 N–H and O–H groups in total. The average molecular weight is 348 g/mol. The van der Waals surface area contributed by atoms with Crippen molar-refractivity contribution in [2.75, 3.05) is 45.9 Å². The summed E-state index contributed by atoms with van der Waals surface area (Å²) in [5.74, 6) is 0.0664. The molecule has 2 amide bonds. The third-order valence-electron chi connectivity index (χ3n) is 5.59. The van der Waals surface area contributed by atoms with E-state index in [9.17, 15) is 14.9 Å². The normalized spacial score (nSPS) is 26.8. The van der Waals surface area contributed by atoms with Crippen molar-refractivity contribution < 1.29 is 14.3 Å². The quantitative estimate of drug-likeness (QED) is 0.800. The lowest BCUT2D eigenvalue weighted by molar-refractivity contribution is -0.142. The van der Waals surface area contributed by atoms with Gasteiger partial charge in [-0.15, -0.1) is 0 Å². The van der Waals surface area contributed by atoms with Gasteiger partial charge in [-0.1, -0.05) is 0 Å². The van der Waals surface area contributed by atoms with Crippen molar-refractivity contribution in [1.82, 2.24) is 15.1 Å². The van der Waals surface area contributed by atoms with Crippen LogP contribution in [0.25, 0.3) is 0 Å². The van der Waals surface area contributed by atoms with E-state index in [1.165, 1.54) is 0 Å². The highest BCUT2D eigenvalue weighted by atomic mass is 16.5. The van der Waals surface area contributed by atoms with Gasteiger partial charge >= 0.3 is 0 Å². The van der Waals surface area contributed by atoms with E-state index in [4.69, 9.17) is 4.74 Å². The minimum absolute atomic E-state index is 0.0314. The molecule has 0 spiro atoms. The maximum absolute atomic E-state index is 12.7. The lowest BCUT2D eigenvalue weighted by Crippen LogP contribution is -2.52. The third-order valence-corrected chi connectivity index (χ3v) is 5.59. The second-order valence-corrected chi connectivity index (χ2v) is 7.46. The largest absolute Gasteiger partial charge is 0.378 e. The number of nitrogens with zero attached hydrogens (tertiary/aromatic N) is 3. The number of hydrogen-bond donors (Lipinski definition) is 1. The molecule has 7 nitrogen and oxygen atoms in total. The van der Waals surface area contributed by atoms with Gasteiger partial charge in [-0.05, 0) is 45.1 Å². The molecule has 3 fully saturated rings. The lowest BCUT2D eigenvalue weighted by Gasteiger charge is -2.36. The highest BCUT2D eigenvalue weighted by Crippen LogP contribution is 2.29. The van der Waals surface area contributed by atoms with Gasteiger partial charge in [-0.25, -0.2) is 0 Å². The van der Waals surface area contributed by atoms with Crippen LogP contribution in [0.2, 0.25) is 0 Å². The van der Waals surface area contributed by atoms with Gasteiger partial charge in [0.15, 0.2) is 0 Å².